The standard InChI is InChI=1S/C9H9NO3/c11-4-3-6-1-2-8-7(5-6)10-9(12)13-8/h1-2,5,11H,3-4H2,(H,10,12). The van der Waals surface area contributed by atoms with Gasteiger partial charge in [-0.3, -0.25) is 4.98 Å². The van der Waals surface area contributed by atoms with Gasteiger partial charge in [0.2, 0.25) is 0 Å². The first kappa shape index (κ1) is 8.07. The lowest BCUT2D eigenvalue weighted by Crippen LogP contribution is -1.93. The summed E-state index contributed by atoms with van der Waals surface area (Å²) in [7, 11) is 0. The van der Waals surface area contributed by atoms with Gasteiger partial charge in [-0.25, -0.2) is 4.79 Å². The van der Waals surface area contributed by atoms with Gasteiger partial charge in [-0.15, -0.1) is 0 Å². The zero-order valence-corrected chi connectivity index (χ0v) is 6.91. The number of aromatic amines is 1. The second-order valence-electron chi connectivity index (χ2n) is 2.82. The number of benzene rings is 1. The summed E-state index contributed by atoms with van der Waals surface area (Å²) in [4.78, 5) is 13.3. The maximum atomic E-state index is 10.8. The van der Waals surface area contributed by atoms with Gasteiger partial charge in [0.05, 0.1) is 5.52 Å². The van der Waals surface area contributed by atoms with Crippen molar-refractivity contribution in [1.29, 1.82) is 0 Å². The Hall–Kier alpha value is -1.55. The summed E-state index contributed by atoms with van der Waals surface area (Å²) >= 11 is 0. The Balaban J connectivity index is 2.54. The normalized spacial score (nSPS) is 10.8. The van der Waals surface area contributed by atoms with Crippen LogP contribution in [0.1, 0.15) is 5.56 Å². The molecule has 1 aromatic carbocycles. The molecule has 0 spiro atoms. The number of H-pyrrole nitrogens is 1. The molecule has 2 rings (SSSR count). The molecule has 0 radical (unpaired) electrons. The summed E-state index contributed by atoms with van der Waals surface area (Å²) in [5.74, 6) is -0.448. The average molecular weight is 179 g/mol. The molecule has 4 nitrogen and oxygen atoms in total. The summed E-state index contributed by atoms with van der Waals surface area (Å²) in [6.07, 6.45) is 0.586. The lowest BCUT2D eigenvalue weighted by Gasteiger charge is -1.95. The number of rotatable bonds is 2. The zero-order chi connectivity index (χ0) is 9.26. The van der Waals surface area contributed by atoms with E-state index in [1.54, 1.807) is 12.1 Å². The van der Waals surface area contributed by atoms with Gasteiger partial charge in [0.1, 0.15) is 0 Å². The third-order valence-electron chi connectivity index (χ3n) is 1.88. The highest BCUT2D eigenvalue weighted by atomic mass is 16.4. The number of hydrogen-bond donors (Lipinski definition) is 2. The zero-order valence-electron chi connectivity index (χ0n) is 6.91. The Kier molecular flexibility index (Phi) is 1.90. The molecule has 0 amide bonds. The Morgan fingerprint density at radius 3 is 3.08 bits per heavy atom. The highest BCUT2D eigenvalue weighted by molar-refractivity contribution is 5.72. The minimum Gasteiger partial charge on any atom is -0.408 e. The smallest absolute Gasteiger partial charge is 0.408 e. The molecule has 2 N–H and O–H groups in total. The van der Waals surface area contributed by atoms with Crippen LogP contribution in [0.25, 0.3) is 11.1 Å². The van der Waals surface area contributed by atoms with Crippen LogP contribution >= 0.6 is 0 Å². The summed E-state index contributed by atoms with van der Waals surface area (Å²) in [5.41, 5.74) is 2.20. The minimum atomic E-state index is -0.448. The van der Waals surface area contributed by atoms with E-state index >= 15 is 0 Å². The molecule has 0 bridgehead atoms. The molecule has 0 aliphatic heterocycles. The Labute approximate surface area is 73.8 Å². The number of aliphatic hydroxyl groups is 1. The van der Waals surface area contributed by atoms with E-state index < -0.39 is 5.76 Å². The van der Waals surface area contributed by atoms with Crippen LogP contribution < -0.4 is 5.76 Å². The molecule has 1 heterocycles. The van der Waals surface area contributed by atoms with Gasteiger partial charge in [0.25, 0.3) is 0 Å². The van der Waals surface area contributed by atoms with Crippen LogP contribution in [-0.4, -0.2) is 16.7 Å². The summed E-state index contributed by atoms with van der Waals surface area (Å²) in [5, 5.41) is 8.70. The van der Waals surface area contributed by atoms with E-state index in [9.17, 15) is 4.79 Å². The molecule has 0 aliphatic rings. The minimum absolute atomic E-state index is 0.105. The fourth-order valence-corrected chi connectivity index (χ4v) is 1.28. The van der Waals surface area contributed by atoms with Crippen molar-refractivity contribution in [2.75, 3.05) is 6.61 Å². The van der Waals surface area contributed by atoms with Crippen molar-refractivity contribution >= 4 is 11.1 Å². The van der Waals surface area contributed by atoms with Gasteiger partial charge in [-0.2, -0.15) is 0 Å². The summed E-state index contributed by atoms with van der Waals surface area (Å²) < 4.78 is 4.83. The highest BCUT2D eigenvalue weighted by Crippen LogP contribution is 2.12. The Morgan fingerprint density at radius 1 is 1.46 bits per heavy atom. The molecule has 68 valence electrons. The van der Waals surface area contributed by atoms with Gasteiger partial charge in [-0.1, -0.05) is 6.07 Å². The van der Waals surface area contributed by atoms with Crippen molar-refractivity contribution in [2.45, 2.75) is 6.42 Å². The molecule has 0 saturated heterocycles. The van der Waals surface area contributed by atoms with E-state index in [-0.39, 0.29) is 6.61 Å². The van der Waals surface area contributed by atoms with Crippen LogP contribution in [0.4, 0.5) is 0 Å². The van der Waals surface area contributed by atoms with Crippen LogP contribution in [0.15, 0.2) is 27.4 Å². The molecule has 0 saturated carbocycles. The third-order valence-corrected chi connectivity index (χ3v) is 1.88. The average Bonchev–Trinajstić information content (AvgIpc) is 2.44. The summed E-state index contributed by atoms with van der Waals surface area (Å²) in [6, 6.07) is 5.35. The quantitative estimate of drug-likeness (QED) is 0.711. The Morgan fingerprint density at radius 2 is 2.31 bits per heavy atom. The van der Waals surface area contributed by atoms with Crippen LogP contribution in [0.2, 0.25) is 0 Å². The van der Waals surface area contributed by atoms with E-state index in [0.717, 1.165) is 5.56 Å². The van der Waals surface area contributed by atoms with Crippen molar-refractivity contribution in [3.8, 4) is 0 Å². The maximum absolute atomic E-state index is 10.8. The summed E-state index contributed by atoms with van der Waals surface area (Å²) in [6.45, 7) is 0.105. The first-order valence-electron chi connectivity index (χ1n) is 4.02. The molecule has 1 aromatic heterocycles. The molecule has 2 aromatic rings. The van der Waals surface area contributed by atoms with Crippen LogP contribution in [0, 0.1) is 0 Å². The van der Waals surface area contributed by atoms with Crippen molar-refractivity contribution < 1.29 is 9.52 Å². The molecular weight excluding hydrogens is 170 g/mol. The van der Waals surface area contributed by atoms with E-state index in [0.29, 0.717) is 17.5 Å². The van der Waals surface area contributed by atoms with Crippen molar-refractivity contribution in [2.24, 2.45) is 0 Å². The number of hydrogen-bond acceptors (Lipinski definition) is 3. The van der Waals surface area contributed by atoms with Crippen LogP contribution in [0.5, 0.6) is 0 Å². The largest absolute Gasteiger partial charge is 0.417 e. The van der Waals surface area contributed by atoms with Crippen LogP contribution in [0.3, 0.4) is 0 Å². The van der Waals surface area contributed by atoms with Gasteiger partial charge in [0, 0.05) is 6.61 Å². The fourth-order valence-electron chi connectivity index (χ4n) is 1.28. The molecule has 0 aliphatic carbocycles. The number of oxazole rings is 1. The van der Waals surface area contributed by atoms with Crippen molar-refractivity contribution in [3.63, 3.8) is 0 Å². The van der Waals surface area contributed by atoms with E-state index in [1.807, 2.05) is 6.07 Å². The highest BCUT2D eigenvalue weighted by Gasteiger charge is 2.00. The lowest BCUT2D eigenvalue weighted by atomic mass is 10.1. The number of aliphatic hydroxyl groups excluding tert-OH is 1. The predicted octanol–water partition coefficient (Wildman–Crippen LogP) is 0.656. The number of aromatic nitrogens is 1. The molecule has 13 heavy (non-hydrogen) atoms. The Bertz CT molecular complexity index is 469. The van der Waals surface area contributed by atoms with Crippen LogP contribution in [-0.2, 0) is 6.42 Å². The number of nitrogens with one attached hydrogen (secondary N) is 1. The molecule has 0 unspecified atom stereocenters. The topological polar surface area (TPSA) is 66.2 Å². The second-order valence-corrected chi connectivity index (χ2v) is 2.82. The maximum Gasteiger partial charge on any atom is 0.417 e. The SMILES string of the molecule is O=c1[nH]c2cc(CCO)ccc2o1. The van der Waals surface area contributed by atoms with Gasteiger partial charge in [-0.05, 0) is 24.1 Å². The molecule has 4 heteroatoms. The fraction of sp³-hybridized carbons (Fsp3) is 0.222. The van der Waals surface area contributed by atoms with E-state index in [1.165, 1.54) is 0 Å². The predicted molar refractivity (Wildman–Crippen MR) is 47.6 cm³/mol. The number of fused-ring (bicyclic) bond motifs is 1. The first-order chi connectivity index (χ1) is 6.29. The molecule has 0 fully saturated rings. The first-order valence-corrected chi connectivity index (χ1v) is 4.02. The van der Waals surface area contributed by atoms with Crippen molar-refractivity contribution in [1.82, 2.24) is 4.98 Å². The van der Waals surface area contributed by atoms with E-state index in [2.05, 4.69) is 4.98 Å². The van der Waals surface area contributed by atoms with Gasteiger partial charge < -0.3 is 9.52 Å². The van der Waals surface area contributed by atoms with Gasteiger partial charge >= 0.3 is 5.76 Å². The lowest BCUT2D eigenvalue weighted by molar-refractivity contribution is 0.299. The third kappa shape index (κ3) is 1.48. The molecular formula is C9H9NO3. The molecule has 0 atom stereocenters. The van der Waals surface area contributed by atoms with Gasteiger partial charge in [0.15, 0.2) is 5.58 Å². The van der Waals surface area contributed by atoms with Crippen molar-refractivity contribution in [3.05, 3.63) is 34.3 Å². The van der Waals surface area contributed by atoms with E-state index in [4.69, 9.17) is 9.52 Å². The second kappa shape index (κ2) is 3.06. The monoisotopic (exact) mass is 179 g/mol.